The maximum absolute atomic E-state index is 14.3. The van der Waals surface area contributed by atoms with E-state index in [0.717, 1.165) is 42.3 Å². The lowest BCUT2D eigenvalue weighted by molar-refractivity contribution is 0.159. The number of hydrogen-bond donors (Lipinski definition) is 1. The van der Waals surface area contributed by atoms with Crippen LogP contribution in [-0.4, -0.2) is 70.0 Å². The van der Waals surface area contributed by atoms with Crippen LogP contribution >= 0.6 is 0 Å². The van der Waals surface area contributed by atoms with Crippen molar-refractivity contribution in [3.63, 3.8) is 0 Å². The van der Waals surface area contributed by atoms with Crippen molar-refractivity contribution in [3.05, 3.63) is 36.0 Å². The van der Waals surface area contributed by atoms with Crippen LogP contribution in [0, 0.1) is 11.7 Å². The van der Waals surface area contributed by atoms with Crippen LogP contribution in [0.4, 0.5) is 10.2 Å². The SMILES string of the molecule is COc1ncc(-n2nc(-c3cnn(CC4CCN(C)CC4)c3)c3c2NCOCC3)cc1F. The number of piperidine rings is 1. The second-order valence-corrected chi connectivity index (χ2v) is 8.45. The first-order valence-corrected chi connectivity index (χ1v) is 11.0. The van der Waals surface area contributed by atoms with E-state index in [9.17, 15) is 4.39 Å². The zero-order valence-electron chi connectivity index (χ0n) is 18.4. The summed E-state index contributed by atoms with van der Waals surface area (Å²) in [5, 5.41) is 12.7. The number of ether oxygens (including phenoxy) is 2. The van der Waals surface area contributed by atoms with E-state index in [1.165, 1.54) is 26.0 Å². The average molecular weight is 442 g/mol. The molecular weight excluding hydrogens is 413 g/mol. The van der Waals surface area contributed by atoms with Gasteiger partial charge < -0.3 is 19.7 Å². The molecule has 0 aromatic carbocycles. The van der Waals surface area contributed by atoms with Gasteiger partial charge in [-0.25, -0.2) is 14.1 Å². The Kier molecular flexibility index (Phi) is 5.79. The number of fused-ring (bicyclic) bond motifs is 1. The molecule has 0 atom stereocenters. The number of aromatic nitrogens is 5. The maximum Gasteiger partial charge on any atom is 0.250 e. The fourth-order valence-electron chi connectivity index (χ4n) is 4.43. The molecular formula is C22H28FN7O2. The highest BCUT2D eigenvalue weighted by Crippen LogP contribution is 2.33. The Morgan fingerprint density at radius 1 is 1.28 bits per heavy atom. The highest BCUT2D eigenvalue weighted by molar-refractivity contribution is 5.70. The Morgan fingerprint density at radius 2 is 2.12 bits per heavy atom. The van der Waals surface area contributed by atoms with Crippen molar-refractivity contribution < 1.29 is 13.9 Å². The van der Waals surface area contributed by atoms with Crippen LogP contribution in [0.15, 0.2) is 24.7 Å². The van der Waals surface area contributed by atoms with Crippen molar-refractivity contribution in [3.8, 4) is 22.8 Å². The molecule has 0 saturated carbocycles. The van der Waals surface area contributed by atoms with Gasteiger partial charge in [0.25, 0.3) is 0 Å². The average Bonchev–Trinajstić information content (AvgIpc) is 3.32. The Labute approximate surface area is 186 Å². The van der Waals surface area contributed by atoms with Gasteiger partial charge in [0.05, 0.1) is 31.8 Å². The normalized spacial score (nSPS) is 17.6. The van der Waals surface area contributed by atoms with E-state index in [-0.39, 0.29) is 5.88 Å². The monoisotopic (exact) mass is 441 g/mol. The summed E-state index contributed by atoms with van der Waals surface area (Å²) in [4.78, 5) is 6.44. The number of halogens is 1. The molecule has 5 rings (SSSR count). The van der Waals surface area contributed by atoms with Gasteiger partial charge in [-0.1, -0.05) is 0 Å². The molecule has 0 spiro atoms. The molecule has 0 aliphatic carbocycles. The van der Waals surface area contributed by atoms with Gasteiger partial charge in [0.2, 0.25) is 5.88 Å². The second-order valence-electron chi connectivity index (χ2n) is 8.45. The van der Waals surface area contributed by atoms with Crippen LogP contribution in [0.5, 0.6) is 5.88 Å². The quantitative estimate of drug-likeness (QED) is 0.652. The van der Waals surface area contributed by atoms with Crippen LogP contribution in [0.25, 0.3) is 16.9 Å². The summed E-state index contributed by atoms with van der Waals surface area (Å²) in [6.07, 6.45) is 8.55. The molecule has 3 aromatic heterocycles. The minimum Gasteiger partial charge on any atom is -0.479 e. The van der Waals surface area contributed by atoms with E-state index < -0.39 is 5.82 Å². The van der Waals surface area contributed by atoms with Crippen molar-refractivity contribution in [1.29, 1.82) is 0 Å². The second kappa shape index (κ2) is 8.87. The number of nitrogens with one attached hydrogen (secondary N) is 1. The number of methoxy groups -OCH3 is 1. The van der Waals surface area contributed by atoms with Crippen LogP contribution in [-0.2, 0) is 17.7 Å². The van der Waals surface area contributed by atoms with E-state index in [4.69, 9.17) is 14.6 Å². The maximum atomic E-state index is 14.3. The Hall–Kier alpha value is -2.98. The van der Waals surface area contributed by atoms with Crippen molar-refractivity contribution in [2.45, 2.75) is 25.8 Å². The van der Waals surface area contributed by atoms with Crippen molar-refractivity contribution in [2.75, 3.05) is 45.9 Å². The number of anilines is 1. The molecule has 2 aliphatic rings. The first kappa shape index (κ1) is 20.9. The predicted octanol–water partition coefficient (Wildman–Crippen LogP) is 2.56. The van der Waals surface area contributed by atoms with Crippen molar-refractivity contribution in [2.24, 2.45) is 5.92 Å². The minimum absolute atomic E-state index is 0.0429. The summed E-state index contributed by atoms with van der Waals surface area (Å²) in [6.45, 7) is 4.12. The third-order valence-corrected chi connectivity index (χ3v) is 6.24. The lowest BCUT2D eigenvalue weighted by atomic mass is 9.97. The zero-order valence-corrected chi connectivity index (χ0v) is 18.4. The van der Waals surface area contributed by atoms with Crippen LogP contribution in [0.3, 0.4) is 0 Å². The number of hydrogen-bond acceptors (Lipinski definition) is 7. The molecule has 0 bridgehead atoms. The van der Waals surface area contributed by atoms with E-state index in [2.05, 4.69) is 33.5 Å². The number of rotatable bonds is 5. The highest BCUT2D eigenvalue weighted by Gasteiger charge is 2.24. The van der Waals surface area contributed by atoms with Gasteiger partial charge in [0, 0.05) is 36.4 Å². The van der Waals surface area contributed by atoms with Crippen LogP contribution < -0.4 is 10.1 Å². The molecule has 170 valence electrons. The topological polar surface area (TPSA) is 82.3 Å². The van der Waals surface area contributed by atoms with Gasteiger partial charge in [-0.3, -0.25) is 4.68 Å². The number of likely N-dealkylation sites (tertiary alicyclic amines) is 1. The fraction of sp³-hybridized carbons (Fsp3) is 0.500. The predicted molar refractivity (Wildman–Crippen MR) is 117 cm³/mol. The van der Waals surface area contributed by atoms with Crippen LogP contribution in [0.1, 0.15) is 18.4 Å². The summed E-state index contributed by atoms with van der Waals surface area (Å²) >= 11 is 0. The van der Waals surface area contributed by atoms with Gasteiger partial charge in [0.15, 0.2) is 5.82 Å². The van der Waals surface area contributed by atoms with Gasteiger partial charge in [-0.15, -0.1) is 0 Å². The summed E-state index contributed by atoms with van der Waals surface area (Å²) in [7, 11) is 3.57. The highest BCUT2D eigenvalue weighted by atomic mass is 19.1. The molecule has 1 fully saturated rings. The molecule has 0 radical (unpaired) electrons. The molecule has 1 N–H and O–H groups in total. The summed E-state index contributed by atoms with van der Waals surface area (Å²) < 4.78 is 28.6. The largest absolute Gasteiger partial charge is 0.479 e. The van der Waals surface area contributed by atoms with Gasteiger partial charge >= 0.3 is 0 Å². The standard InChI is InChI=1S/C22H28FN7O2/c1-28-6-3-15(4-7-28)12-29-13-16(10-26-29)20-18-5-8-32-14-25-21(18)30(27-20)17-9-19(23)22(31-2)24-11-17/h9-11,13,15,25H,3-8,12,14H2,1-2H3. The number of nitrogens with zero attached hydrogens (tertiary/aromatic N) is 6. The fourth-order valence-corrected chi connectivity index (χ4v) is 4.43. The van der Waals surface area contributed by atoms with Crippen LogP contribution in [0.2, 0.25) is 0 Å². The van der Waals surface area contributed by atoms with E-state index in [1.807, 2.05) is 10.9 Å². The summed E-state index contributed by atoms with van der Waals surface area (Å²) in [5.74, 6) is 0.842. The Morgan fingerprint density at radius 3 is 2.91 bits per heavy atom. The van der Waals surface area contributed by atoms with E-state index >= 15 is 0 Å². The Bertz CT molecular complexity index is 1090. The van der Waals surface area contributed by atoms with E-state index in [0.29, 0.717) is 31.4 Å². The van der Waals surface area contributed by atoms with Gasteiger partial charge in [0.1, 0.15) is 18.2 Å². The Balaban J connectivity index is 1.47. The third-order valence-electron chi connectivity index (χ3n) is 6.24. The lowest BCUT2D eigenvalue weighted by Crippen LogP contribution is -2.31. The van der Waals surface area contributed by atoms with Crippen molar-refractivity contribution >= 4 is 5.82 Å². The molecule has 9 nitrogen and oxygen atoms in total. The molecule has 0 unspecified atom stereocenters. The first-order valence-electron chi connectivity index (χ1n) is 11.0. The van der Waals surface area contributed by atoms with Gasteiger partial charge in [-0.05, 0) is 38.9 Å². The van der Waals surface area contributed by atoms with E-state index in [1.54, 1.807) is 10.9 Å². The smallest absolute Gasteiger partial charge is 0.250 e. The molecule has 5 heterocycles. The molecule has 0 amide bonds. The van der Waals surface area contributed by atoms with Gasteiger partial charge in [-0.2, -0.15) is 10.2 Å². The molecule has 32 heavy (non-hydrogen) atoms. The summed E-state index contributed by atoms with van der Waals surface area (Å²) in [6, 6.07) is 1.37. The molecule has 2 aliphatic heterocycles. The molecule has 10 heteroatoms. The first-order chi connectivity index (χ1) is 15.6. The third kappa shape index (κ3) is 4.07. The van der Waals surface area contributed by atoms with Crippen molar-refractivity contribution in [1.82, 2.24) is 29.4 Å². The lowest BCUT2D eigenvalue weighted by Gasteiger charge is -2.28. The minimum atomic E-state index is -0.536. The molecule has 1 saturated heterocycles. The summed E-state index contributed by atoms with van der Waals surface area (Å²) in [5.41, 5.74) is 3.30. The molecule has 3 aromatic rings. The number of pyridine rings is 1. The zero-order chi connectivity index (χ0) is 22.1.